The van der Waals surface area contributed by atoms with Gasteiger partial charge in [0.25, 0.3) is 0 Å². The Morgan fingerprint density at radius 3 is 2.59 bits per heavy atom. The molecule has 2 aromatic rings. The number of anilines is 1. The molecule has 2 saturated carbocycles. The molecule has 0 amide bonds. The van der Waals surface area contributed by atoms with Gasteiger partial charge in [-0.1, -0.05) is 0 Å². The fourth-order valence-corrected chi connectivity index (χ4v) is 4.66. The highest BCUT2D eigenvalue weighted by atomic mass is 19.1. The van der Waals surface area contributed by atoms with E-state index in [0.29, 0.717) is 19.0 Å². The fourth-order valence-electron chi connectivity index (χ4n) is 4.66. The third-order valence-electron chi connectivity index (χ3n) is 6.29. The molecule has 8 heteroatoms. The smallest absolute Gasteiger partial charge is 0.341 e. The van der Waals surface area contributed by atoms with Gasteiger partial charge in [-0.25, -0.2) is 13.6 Å². The number of nitrogens with zero attached hydrogens (tertiary/aromatic N) is 2. The number of benzene rings is 1. The molecule has 3 atom stereocenters. The molecule has 1 unspecified atom stereocenters. The average molecular weight is 375 g/mol. The van der Waals surface area contributed by atoms with Crippen molar-refractivity contribution in [1.82, 2.24) is 4.57 Å². The SMILES string of the molecule is NC1C[C@@H]2CN(c3c(F)cc4c(=O)c(C(=O)O)cn(C5CC5)c4c3F)C[C@H]12. The molecule has 0 spiro atoms. The highest BCUT2D eigenvalue weighted by Gasteiger charge is 2.46. The summed E-state index contributed by atoms with van der Waals surface area (Å²) >= 11 is 0. The fraction of sp³-hybridized carbons (Fsp3) is 0.474. The van der Waals surface area contributed by atoms with Crippen molar-refractivity contribution in [3.63, 3.8) is 0 Å². The van der Waals surface area contributed by atoms with Gasteiger partial charge >= 0.3 is 5.97 Å². The molecule has 3 fully saturated rings. The van der Waals surface area contributed by atoms with Crippen LogP contribution in [0, 0.1) is 23.5 Å². The van der Waals surface area contributed by atoms with Gasteiger partial charge in [0.1, 0.15) is 17.1 Å². The summed E-state index contributed by atoms with van der Waals surface area (Å²) in [6, 6.07) is 0.984. The summed E-state index contributed by atoms with van der Waals surface area (Å²) in [5, 5.41) is 9.06. The Morgan fingerprint density at radius 2 is 2.00 bits per heavy atom. The number of aromatic carboxylic acids is 1. The lowest BCUT2D eigenvalue weighted by Crippen LogP contribution is -2.46. The molecule has 6 nitrogen and oxygen atoms in total. The zero-order valence-corrected chi connectivity index (χ0v) is 14.5. The van der Waals surface area contributed by atoms with Gasteiger partial charge in [-0.3, -0.25) is 4.79 Å². The minimum atomic E-state index is -1.40. The van der Waals surface area contributed by atoms with Crippen molar-refractivity contribution < 1.29 is 18.7 Å². The number of hydrogen-bond donors (Lipinski definition) is 2. The molecule has 142 valence electrons. The number of nitrogens with two attached hydrogens (primary N) is 1. The highest BCUT2D eigenvalue weighted by molar-refractivity contribution is 5.94. The van der Waals surface area contributed by atoms with Crippen LogP contribution in [0.25, 0.3) is 10.9 Å². The first-order chi connectivity index (χ1) is 12.9. The zero-order valence-electron chi connectivity index (χ0n) is 14.5. The number of carbonyl (C=O) groups is 1. The van der Waals surface area contributed by atoms with Crippen molar-refractivity contribution in [3.8, 4) is 0 Å². The number of hydrogen-bond acceptors (Lipinski definition) is 4. The number of rotatable bonds is 3. The second-order valence-electron chi connectivity index (χ2n) is 7.96. The van der Waals surface area contributed by atoms with E-state index in [1.165, 1.54) is 10.8 Å². The van der Waals surface area contributed by atoms with E-state index in [1.54, 1.807) is 4.90 Å². The summed E-state index contributed by atoms with van der Waals surface area (Å²) in [7, 11) is 0. The van der Waals surface area contributed by atoms with Gasteiger partial charge in [0.15, 0.2) is 5.82 Å². The Hall–Kier alpha value is -2.48. The number of carboxylic acid groups (broad SMARTS) is 1. The Morgan fingerprint density at radius 1 is 1.26 bits per heavy atom. The highest BCUT2D eigenvalue weighted by Crippen LogP contribution is 2.44. The maximum absolute atomic E-state index is 15.5. The third-order valence-corrected chi connectivity index (χ3v) is 6.29. The quantitative estimate of drug-likeness (QED) is 0.858. The van der Waals surface area contributed by atoms with E-state index in [1.807, 2.05) is 0 Å². The van der Waals surface area contributed by atoms with Crippen LogP contribution in [0.4, 0.5) is 14.5 Å². The van der Waals surface area contributed by atoms with E-state index >= 15 is 4.39 Å². The Bertz CT molecular complexity index is 1050. The molecule has 1 aromatic carbocycles. The summed E-state index contributed by atoms with van der Waals surface area (Å²) in [6.07, 6.45) is 3.59. The first kappa shape index (κ1) is 16.7. The van der Waals surface area contributed by atoms with E-state index < -0.39 is 28.6 Å². The first-order valence-electron chi connectivity index (χ1n) is 9.17. The molecular weight excluding hydrogens is 356 g/mol. The van der Waals surface area contributed by atoms with E-state index in [4.69, 9.17) is 5.73 Å². The summed E-state index contributed by atoms with van der Waals surface area (Å²) in [6.45, 7) is 1.03. The van der Waals surface area contributed by atoms with Crippen molar-refractivity contribution in [2.45, 2.75) is 31.3 Å². The van der Waals surface area contributed by atoms with Crippen LogP contribution >= 0.6 is 0 Å². The standard InChI is InChI=1S/C19H19F2N3O3/c20-13-4-10-16(24(9-1-2-9)7-12(18(10)25)19(26)27)15(21)17(13)23-5-8-3-14(22)11(8)6-23/h4,7-9,11,14H,1-3,5-6,22H2,(H,26,27)/t8-,11+,14?/m1/s1. The van der Waals surface area contributed by atoms with E-state index in [-0.39, 0.29) is 34.6 Å². The summed E-state index contributed by atoms with van der Waals surface area (Å²) in [4.78, 5) is 25.6. The van der Waals surface area contributed by atoms with Crippen LogP contribution in [0.3, 0.4) is 0 Å². The van der Waals surface area contributed by atoms with Crippen molar-refractivity contribution in [2.24, 2.45) is 17.6 Å². The lowest BCUT2D eigenvalue weighted by atomic mass is 9.72. The predicted octanol–water partition coefficient (Wildman–Crippen LogP) is 2.10. The lowest BCUT2D eigenvalue weighted by molar-refractivity contribution is 0.0695. The van der Waals surface area contributed by atoms with Crippen molar-refractivity contribution in [1.29, 1.82) is 0 Å². The predicted molar refractivity (Wildman–Crippen MR) is 95.1 cm³/mol. The minimum absolute atomic E-state index is 0.00699. The van der Waals surface area contributed by atoms with Crippen LogP contribution < -0.4 is 16.1 Å². The molecule has 3 N–H and O–H groups in total. The maximum Gasteiger partial charge on any atom is 0.341 e. The molecule has 0 radical (unpaired) electrons. The minimum Gasteiger partial charge on any atom is -0.477 e. The molecule has 27 heavy (non-hydrogen) atoms. The third kappa shape index (κ3) is 2.32. The zero-order chi connectivity index (χ0) is 19.0. The molecule has 5 rings (SSSR count). The summed E-state index contributed by atoms with van der Waals surface area (Å²) in [5.41, 5.74) is 4.52. The molecule has 2 aliphatic carbocycles. The monoisotopic (exact) mass is 375 g/mol. The average Bonchev–Trinajstić information content (AvgIpc) is 3.39. The molecule has 2 heterocycles. The topological polar surface area (TPSA) is 88.6 Å². The van der Waals surface area contributed by atoms with Crippen molar-refractivity contribution in [3.05, 3.63) is 39.7 Å². The van der Waals surface area contributed by atoms with Gasteiger partial charge in [0.05, 0.1) is 10.9 Å². The van der Waals surface area contributed by atoms with Crippen molar-refractivity contribution in [2.75, 3.05) is 18.0 Å². The number of pyridine rings is 1. The van der Waals surface area contributed by atoms with Crippen LogP contribution in [-0.4, -0.2) is 34.8 Å². The van der Waals surface area contributed by atoms with Gasteiger partial charge in [-0.05, 0) is 37.2 Å². The van der Waals surface area contributed by atoms with Crippen LogP contribution in [-0.2, 0) is 0 Å². The molecule has 1 saturated heterocycles. The molecule has 3 aliphatic rings. The van der Waals surface area contributed by atoms with Crippen LogP contribution in [0.2, 0.25) is 0 Å². The molecule has 1 aromatic heterocycles. The summed E-state index contributed by atoms with van der Waals surface area (Å²) < 4.78 is 31.8. The van der Waals surface area contributed by atoms with E-state index in [9.17, 15) is 19.1 Å². The maximum atomic E-state index is 15.5. The van der Waals surface area contributed by atoms with E-state index in [0.717, 1.165) is 25.3 Å². The largest absolute Gasteiger partial charge is 0.477 e. The number of halogens is 2. The van der Waals surface area contributed by atoms with Gasteiger partial charge in [0, 0.05) is 31.4 Å². The number of aromatic nitrogens is 1. The molecular formula is C19H19F2N3O3. The van der Waals surface area contributed by atoms with Gasteiger partial charge in [-0.15, -0.1) is 0 Å². The second kappa shape index (κ2) is 5.51. The van der Waals surface area contributed by atoms with Crippen LogP contribution in [0.15, 0.2) is 17.1 Å². The van der Waals surface area contributed by atoms with E-state index in [2.05, 4.69) is 0 Å². The normalized spacial score (nSPS) is 26.9. The first-order valence-corrected chi connectivity index (χ1v) is 9.17. The molecule has 0 bridgehead atoms. The van der Waals surface area contributed by atoms with Gasteiger partial charge in [-0.2, -0.15) is 0 Å². The number of fused-ring (bicyclic) bond motifs is 2. The van der Waals surface area contributed by atoms with Crippen LogP contribution in [0.5, 0.6) is 0 Å². The molecule has 1 aliphatic heterocycles. The Balaban J connectivity index is 1.73. The Labute approximate surface area is 153 Å². The lowest BCUT2D eigenvalue weighted by Gasteiger charge is -2.36. The number of carboxylic acids is 1. The summed E-state index contributed by atoms with van der Waals surface area (Å²) in [5.74, 6) is -2.45. The van der Waals surface area contributed by atoms with Crippen LogP contribution in [0.1, 0.15) is 35.7 Å². The second-order valence-corrected chi connectivity index (χ2v) is 7.96. The van der Waals surface area contributed by atoms with Crippen molar-refractivity contribution >= 4 is 22.6 Å². The van der Waals surface area contributed by atoms with Gasteiger partial charge in [0.2, 0.25) is 5.43 Å². The van der Waals surface area contributed by atoms with Gasteiger partial charge < -0.3 is 20.3 Å². The Kier molecular flexibility index (Phi) is 3.40.